The van der Waals surface area contributed by atoms with Crippen LogP contribution in [0, 0.1) is 18.8 Å². The van der Waals surface area contributed by atoms with Gasteiger partial charge in [0.2, 0.25) is 0 Å². The van der Waals surface area contributed by atoms with E-state index < -0.39 is 0 Å². The van der Waals surface area contributed by atoms with Gasteiger partial charge in [-0.3, -0.25) is 4.98 Å². The SMILES string of the molecule is CC.CC.N#Cc1cnc2ccc(Nc3ccccc3)cc2n1.[CH3-].[Pt]. The van der Waals surface area contributed by atoms with Crippen LogP contribution in [0.5, 0.6) is 0 Å². The second kappa shape index (κ2) is 14.1. The van der Waals surface area contributed by atoms with Crippen molar-refractivity contribution in [3.05, 3.63) is 67.8 Å². The van der Waals surface area contributed by atoms with Gasteiger partial charge < -0.3 is 12.7 Å². The summed E-state index contributed by atoms with van der Waals surface area (Å²) in [6.45, 7) is 8.00. The molecular formula is C20H25N4Pt-. The number of aromatic nitrogens is 2. The van der Waals surface area contributed by atoms with Crippen LogP contribution in [0.3, 0.4) is 0 Å². The summed E-state index contributed by atoms with van der Waals surface area (Å²) < 4.78 is 0. The Morgan fingerprint density at radius 3 is 2.12 bits per heavy atom. The first-order valence-corrected chi connectivity index (χ1v) is 7.84. The zero-order chi connectivity index (χ0) is 17.1. The average molecular weight is 517 g/mol. The van der Waals surface area contributed by atoms with Crippen LogP contribution in [0.25, 0.3) is 11.0 Å². The first-order valence-electron chi connectivity index (χ1n) is 7.84. The molecule has 0 spiro atoms. The van der Waals surface area contributed by atoms with Crippen LogP contribution >= 0.6 is 0 Å². The van der Waals surface area contributed by atoms with Crippen molar-refractivity contribution in [1.82, 2.24) is 9.97 Å². The third-order valence-corrected chi connectivity index (χ3v) is 2.72. The smallest absolute Gasteiger partial charge is 0.159 e. The van der Waals surface area contributed by atoms with Gasteiger partial charge in [0.1, 0.15) is 6.07 Å². The molecule has 0 aliphatic rings. The van der Waals surface area contributed by atoms with E-state index in [4.69, 9.17) is 5.26 Å². The minimum Gasteiger partial charge on any atom is -0.358 e. The Hall–Kier alpha value is -2.24. The van der Waals surface area contributed by atoms with Gasteiger partial charge in [0.25, 0.3) is 0 Å². The van der Waals surface area contributed by atoms with Gasteiger partial charge in [-0.2, -0.15) is 5.26 Å². The van der Waals surface area contributed by atoms with Crippen molar-refractivity contribution >= 4 is 22.4 Å². The topological polar surface area (TPSA) is 61.6 Å². The van der Waals surface area contributed by atoms with Crippen LogP contribution in [0.15, 0.2) is 54.7 Å². The van der Waals surface area contributed by atoms with Crippen molar-refractivity contribution in [3.8, 4) is 6.07 Å². The fraction of sp³-hybridized carbons (Fsp3) is 0.200. The van der Waals surface area contributed by atoms with Crippen molar-refractivity contribution in [2.75, 3.05) is 5.32 Å². The first-order chi connectivity index (χ1) is 11.3. The Bertz CT molecular complexity index is 767. The maximum atomic E-state index is 8.83. The number of rotatable bonds is 2. The molecule has 0 atom stereocenters. The number of nitriles is 1. The van der Waals surface area contributed by atoms with Crippen LogP contribution in [-0.2, 0) is 21.1 Å². The van der Waals surface area contributed by atoms with Gasteiger partial charge in [-0.05, 0) is 30.3 Å². The van der Waals surface area contributed by atoms with Gasteiger partial charge in [0, 0.05) is 32.4 Å². The van der Waals surface area contributed by atoms with Gasteiger partial charge in [-0.25, -0.2) is 4.98 Å². The molecule has 1 aromatic heterocycles. The van der Waals surface area contributed by atoms with Gasteiger partial charge in [0.15, 0.2) is 5.69 Å². The molecular weight excluding hydrogens is 491 g/mol. The van der Waals surface area contributed by atoms with Crippen LogP contribution < -0.4 is 5.32 Å². The normalized spacial score (nSPS) is 8.12. The Balaban J connectivity index is 0. The van der Waals surface area contributed by atoms with E-state index in [9.17, 15) is 0 Å². The largest absolute Gasteiger partial charge is 0.358 e. The predicted molar refractivity (Wildman–Crippen MR) is 103 cm³/mol. The van der Waals surface area contributed by atoms with Crippen molar-refractivity contribution in [1.29, 1.82) is 5.26 Å². The van der Waals surface area contributed by atoms with Crippen LogP contribution in [-0.4, -0.2) is 9.97 Å². The molecule has 0 aliphatic carbocycles. The van der Waals surface area contributed by atoms with E-state index in [1.165, 1.54) is 6.20 Å². The molecule has 136 valence electrons. The number of fused-ring (bicyclic) bond motifs is 1. The zero-order valence-corrected chi connectivity index (χ0v) is 17.6. The molecule has 2 aromatic carbocycles. The van der Waals surface area contributed by atoms with Gasteiger partial charge in [-0.15, -0.1) is 0 Å². The van der Waals surface area contributed by atoms with Crippen molar-refractivity contribution < 1.29 is 21.1 Å². The predicted octanol–water partition coefficient (Wildman–Crippen LogP) is 5.75. The maximum Gasteiger partial charge on any atom is 0.159 e. The summed E-state index contributed by atoms with van der Waals surface area (Å²) in [4.78, 5) is 8.42. The molecule has 0 unspecified atom stereocenters. The third kappa shape index (κ3) is 7.45. The van der Waals surface area contributed by atoms with Gasteiger partial charge in [0.05, 0.1) is 17.2 Å². The van der Waals surface area contributed by atoms with Crippen LogP contribution in [0.4, 0.5) is 11.4 Å². The molecule has 25 heavy (non-hydrogen) atoms. The second-order valence-electron chi connectivity index (χ2n) is 4.06. The summed E-state index contributed by atoms with van der Waals surface area (Å²) in [5.41, 5.74) is 3.73. The van der Waals surface area contributed by atoms with Crippen LogP contribution in [0.2, 0.25) is 0 Å². The number of benzene rings is 2. The molecule has 0 saturated heterocycles. The average Bonchev–Trinajstić information content (AvgIpc) is 2.65. The standard InChI is InChI=1S/C15H10N4.2C2H6.CH3.Pt/c16-9-13-10-17-14-7-6-12(8-15(14)19-13)18-11-4-2-1-3-5-11;2*1-2;;/h1-8,10,18H;2*1-2H3;1H3;/q;;;-1;. The number of nitrogens with zero attached hydrogens (tertiary/aromatic N) is 3. The number of hydrogen-bond acceptors (Lipinski definition) is 4. The molecule has 0 bridgehead atoms. The van der Waals surface area contributed by atoms with Crippen molar-refractivity contribution in [3.63, 3.8) is 0 Å². The number of nitrogens with one attached hydrogen (secondary N) is 1. The number of anilines is 2. The Labute approximate surface area is 165 Å². The molecule has 0 amide bonds. The third-order valence-electron chi connectivity index (χ3n) is 2.72. The molecule has 0 fully saturated rings. The minimum atomic E-state index is 0. The zero-order valence-electron chi connectivity index (χ0n) is 15.4. The Kier molecular flexibility index (Phi) is 14.1. The molecule has 3 aromatic rings. The van der Waals surface area contributed by atoms with Gasteiger partial charge in [-0.1, -0.05) is 45.9 Å². The maximum absolute atomic E-state index is 8.83. The molecule has 5 heteroatoms. The van der Waals surface area contributed by atoms with Crippen LogP contribution in [0.1, 0.15) is 33.4 Å². The Morgan fingerprint density at radius 2 is 1.52 bits per heavy atom. The summed E-state index contributed by atoms with van der Waals surface area (Å²) in [6, 6.07) is 17.6. The van der Waals surface area contributed by atoms with E-state index in [1.54, 1.807) is 0 Å². The van der Waals surface area contributed by atoms with Crippen molar-refractivity contribution in [2.24, 2.45) is 0 Å². The molecule has 0 radical (unpaired) electrons. The fourth-order valence-electron chi connectivity index (χ4n) is 1.83. The Morgan fingerprint density at radius 1 is 0.880 bits per heavy atom. The fourth-order valence-corrected chi connectivity index (χ4v) is 1.83. The second-order valence-corrected chi connectivity index (χ2v) is 4.06. The molecule has 1 N–H and O–H groups in total. The van der Waals surface area contributed by atoms with E-state index in [-0.39, 0.29) is 28.5 Å². The number of para-hydroxylation sites is 1. The molecule has 3 rings (SSSR count). The van der Waals surface area contributed by atoms with E-state index in [2.05, 4.69) is 15.3 Å². The van der Waals surface area contributed by atoms with E-state index >= 15 is 0 Å². The first kappa shape index (κ1) is 25.0. The summed E-state index contributed by atoms with van der Waals surface area (Å²) in [5.74, 6) is 0. The quantitative estimate of drug-likeness (QED) is 0.441. The summed E-state index contributed by atoms with van der Waals surface area (Å²) >= 11 is 0. The molecule has 0 aliphatic heterocycles. The molecule has 4 nitrogen and oxygen atoms in total. The van der Waals surface area contributed by atoms with E-state index in [1.807, 2.05) is 82.3 Å². The monoisotopic (exact) mass is 516 g/mol. The minimum absolute atomic E-state index is 0. The van der Waals surface area contributed by atoms with E-state index in [0.29, 0.717) is 11.2 Å². The van der Waals surface area contributed by atoms with Gasteiger partial charge >= 0.3 is 0 Å². The van der Waals surface area contributed by atoms with E-state index in [0.717, 1.165) is 16.9 Å². The summed E-state index contributed by atoms with van der Waals surface area (Å²) in [6.07, 6.45) is 1.48. The summed E-state index contributed by atoms with van der Waals surface area (Å²) in [7, 11) is 0. The number of hydrogen-bond donors (Lipinski definition) is 1. The summed E-state index contributed by atoms with van der Waals surface area (Å²) in [5, 5.41) is 12.1. The van der Waals surface area contributed by atoms with Crippen molar-refractivity contribution in [2.45, 2.75) is 27.7 Å². The molecule has 0 saturated carbocycles. The molecule has 1 heterocycles.